The van der Waals surface area contributed by atoms with Crippen molar-refractivity contribution in [2.24, 2.45) is 5.73 Å². The SMILES string of the molecule is NCC(CC1=CCCC=C1Cl)Nc1nnc(-c2ccc3cnccc3c2)s1. The number of allylic oxidation sites excluding steroid dienone is 3. The van der Waals surface area contributed by atoms with Crippen LogP contribution in [-0.4, -0.2) is 27.8 Å². The molecule has 7 heteroatoms. The molecule has 1 unspecified atom stereocenters. The number of rotatable bonds is 6. The van der Waals surface area contributed by atoms with E-state index in [1.165, 1.54) is 11.3 Å². The number of fused-ring (bicyclic) bond motifs is 1. The summed E-state index contributed by atoms with van der Waals surface area (Å²) in [5.74, 6) is 0. The number of pyridine rings is 1. The summed E-state index contributed by atoms with van der Waals surface area (Å²) in [7, 11) is 0. The highest BCUT2D eigenvalue weighted by Crippen LogP contribution is 2.30. The van der Waals surface area contributed by atoms with Gasteiger partial charge in [-0.05, 0) is 42.4 Å². The van der Waals surface area contributed by atoms with Crippen molar-refractivity contribution in [1.82, 2.24) is 15.2 Å². The van der Waals surface area contributed by atoms with Crippen LogP contribution in [0.4, 0.5) is 5.13 Å². The predicted octanol–water partition coefficient (Wildman–Crippen LogP) is 4.73. The quantitative estimate of drug-likeness (QED) is 0.629. The summed E-state index contributed by atoms with van der Waals surface area (Å²) < 4.78 is 0. The van der Waals surface area contributed by atoms with Gasteiger partial charge in [0.1, 0.15) is 5.01 Å². The van der Waals surface area contributed by atoms with E-state index in [0.717, 1.165) is 56.3 Å². The van der Waals surface area contributed by atoms with Crippen molar-refractivity contribution in [3.63, 3.8) is 0 Å². The molecule has 1 aromatic carbocycles. The summed E-state index contributed by atoms with van der Waals surface area (Å²) in [6.45, 7) is 0.499. The lowest BCUT2D eigenvalue weighted by Crippen LogP contribution is -2.29. The van der Waals surface area contributed by atoms with Crippen LogP contribution < -0.4 is 11.1 Å². The molecule has 4 rings (SSSR count). The van der Waals surface area contributed by atoms with Crippen LogP contribution in [0.1, 0.15) is 19.3 Å². The Morgan fingerprint density at radius 2 is 2.04 bits per heavy atom. The summed E-state index contributed by atoms with van der Waals surface area (Å²) >= 11 is 7.84. The summed E-state index contributed by atoms with van der Waals surface area (Å²) in [4.78, 5) is 4.15. The Balaban J connectivity index is 1.49. The number of hydrogen-bond acceptors (Lipinski definition) is 6. The number of aromatic nitrogens is 3. The topological polar surface area (TPSA) is 76.7 Å². The molecule has 0 radical (unpaired) electrons. The molecule has 138 valence electrons. The Kier molecular flexibility index (Phi) is 5.48. The van der Waals surface area contributed by atoms with Crippen LogP contribution in [-0.2, 0) is 0 Å². The Bertz CT molecular complexity index is 1010. The maximum atomic E-state index is 6.31. The maximum absolute atomic E-state index is 6.31. The zero-order valence-electron chi connectivity index (χ0n) is 14.7. The van der Waals surface area contributed by atoms with Gasteiger partial charge in [-0.25, -0.2) is 0 Å². The second kappa shape index (κ2) is 8.17. The van der Waals surface area contributed by atoms with E-state index in [9.17, 15) is 0 Å². The zero-order chi connectivity index (χ0) is 18.6. The summed E-state index contributed by atoms with van der Waals surface area (Å²) in [6, 6.07) is 8.28. The molecular weight excluding hydrogens is 378 g/mol. The van der Waals surface area contributed by atoms with Crippen LogP contribution in [0.15, 0.2) is 59.4 Å². The molecule has 0 aliphatic heterocycles. The second-order valence-corrected chi connectivity index (χ2v) is 7.87. The lowest BCUT2D eigenvalue weighted by atomic mass is 10.00. The third-order valence-electron chi connectivity index (χ3n) is 4.58. The first-order valence-corrected chi connectivity index (χ1v) is 10.1. The molecule has 5 nitrogen and oxygen atoms in total. The maximum Gasteiger partial charge on any atom is 0.206 e. The van der Waals surface area contributed by atoms with Gasteiger partial charge < -0.3 is 11.1 Å². The molecule has 0 fully saturated rings. The van der Waals surface area contributed by atoms with E-state index >= 15 is 0 Å². The van der Waals surface area contributed by atoms with E-state index in [0.29, 0.717) is 6.54 Å². The average molecular weight is 398 g/mol. The van der Waals surface area contributed by atoms with Crippen LogP contribution in [0.5, 0.6) is 0 Å². The third kappa shape index (κ3) is 4.18. The van der Waals surface area contributed by atoms with Gasteiger partial charge in [0.05, 0.1) is 0 Å². The summed E-state index contributed by atoms with van der Waals surface area (Å²) in [5.41, 5.74) is 8.16. The van der Waals surface area contributed by atoms with Crippen LogP contribution in [0.25, 0.3) is 21.3 Å². The molecule has 0 saturated heterocycles. The standard InChI is InChI=1S/C20H20ClN5S/c21-18-4-2-1-3-14(18)10-17(11-22)24-20-26-25-19(27-20)15-5-6-16-12-23-8-7-13(16)9-15/h3-9,12,17H,1-2,10-11,22H2,(H,24,26). The second-order valence-electron chi connectivity index (χ2n) is 6.49. The van der Waals surface area contributed by atoms with Gasteiger partial charge in [0.15, 0.2) is 0 Å². The molecule has 0 spiro atoms. The summed E-state index contributed by atoms with van der Waals surface area (Å²) in [6.07, 6.45) is 10.7. The first kappa shape index (κ1) is 18.1. The molecule has 0 bridgehead atoms. The first-order valence-electron chi connectivity index (χ1n) is 8.92. The average Bonchev–Trinajstić information content (AvgIpc) is 3.17. The lowest BCUT2D eigenvalue weighted by molar-refractivity contribution is 0.716. The smallest absolute Gasteiger partial charge is 0.206 e. The van der Waals surface area contributed by atoms with Crippen LogP contribution in [0.2, 0.25) is 0 Å². The van der Waals surface area contributed by atoms with Gasteiger partial charge in [-0.2, -0.15) is 0 Å². The van der Waals surface area contributed by atoms with Crippen molar-refractivity contribution in [2.45, 2.75) is 25.3 Å². The third-order valence-corrected chi connectivity index (χ3v) is 5.88. The van der Waals surface area contributed by atoms with Gasteiger partial charge in [0.25, 0.3) is 0 Å². The monoisotopic (exact) mass is 397 g/mol. The molecule has 1 aliphatic rings. The number of nitrogens with zero attached hydrogens (tertiary/aromatic N) is 3. The van der Waals surface area contributed by atoms with Crippen LogP contribution >= 0.6 is 22.9 Å². The molecule has 27 heavy (non-hydrogen) atoms. The minimum Gasteiger partial charge on any atom is -0.356 e. The van der Waals surface area contributed by atoms with Crippen molar-refractivity contribution in [1.29, 1.82) is 0 Å². The fourth-order valence-electron chi connectivity index (χ4n) is 3.12. The Morgan fingerprint density at radius 3 is 2.89 bits per heavy atom. The normalized spacial score (nSPS) is 15.3. The molecule has 1 aliphatic carbocycles. The molecule has 0 saturated carbocycles. The number of nitrogens with two attached hydrogens (primary N) is 1. The highest BCUT2D eigenvalue weighted by Gasteiger charge is 2.16. The van der Waals surface area contributed by atoms with Gasteiger partial charge in [-0.3, -0.25) is 4.98 Å². The number of anilines is 1. The van der Waals surface area contributed by atoms with E-state index in [4.69, 9.17) is 17.3 Å². The molecule has 1 atom stereocenters. The molecule has 3 N–H and O–H groups in total. The van der Waals surface area contributed by atoms with Gasteiger partial charge in [-0.15, -0.1) is 10.2 Å². The van der Waals surface area contributed by atoms with Gasteiger partial charge >= 0.3 is 0 Å². The van der Waals surface area contributed by atoms with Crippen molar-refractivity contribution in [3.05, 3.63) is 59.4 Å². The van der Waals surface area contributed by atoms with Crippen molar-refractivity contribution in [3.8, 4) is 10.6 Å². The molecule has 0 amide bonds. The van der Waals surface area contributed by atoms with E-state index in [1.807, 2.05) is 18.3 Å². The van der Waals surface area contributed by atoms with E-state index < -0.39 is 0 Å². The van der Waals surface area contributed by atoms with Gasteiger partial charge in [-0.1, -0.05) is 47.2 Å². The summed E-state index contributed by atoms with van der Waals surface area (Å²) in [5, 5.41) is 16.8. The van der Waals surface area contributed by atoms with E-state index in [2.05, 4.69) is 44.8 Å². The Morgan fingerprint density at radius 1 is 1.15 bits per heavy atom. The number of halogens is 1. The molecule has 3 aromatic rings. The van der Waals surface area contributed by atoms with E-state index in [-0.39, 0.29) is 6.04 Å². The van der Waals surface area contributed by atoms with Crippen LogP contribution in [0, 0.1) is 0 Å². The van der Waals surface area contributed by atoms with Crippen molar-refractivity contribution < 1.29 is 0 Å². The zero-order valence-corrected chi connectivity index (χ0v) is 16.3. The minimum atomic E-state index is 0.0694. The van der Waals surface area contributed by atoms with Crippen LogP contribution in [0.3, 0.4) is 0 Å². The lowest BCUT2D eigenvalue weighted by Gasteiger charge is -2.19. The fraction of sp³-hybridized carbons (Fsp3) is 0.250. The fourth-order valence-corrected chi connectivity index (χ4v) is 4.21. The predicted molar refractivity (Wildman–Crippen MR) is 113 cm³/mol. The first-order chi connectivity index (χ1) is 13.2. The van der Waals surface area contributed by atoms with Gasteiger partial charge in [0.2, 0.25) is 5.13 Å². The largest absolute Gasteiger partial charge is 0.356 e. The highest BCUT2D eigenvalue weighted by molar-refractivity contribution is 7.18. The Hall–Kier alpha value is -2.28. The van der Waals surface area contributed by atoms with E-state index in [1.54, 1.807) is 6.20 Å². The van der Waals surface area contributed by atoms with Crippen molar-refractivity contribution >= 4 is 38.8 Å². The minimum absolute atomic E-state index is 0.0694. The number of nitrogens with one attached hydrogen (secondary N) is 1. The molecular formula is C20H20ClN5S. The van der Waals surface area contributed by atoms with Crippen molar-refractivity contribution in [2.75, 3.05) is 11.9 Å². The number of hydrogen-bond donors (Lipinski definition) is 2. The Labute approximate surface area is 167 Å². The number of benzene rings is 1. The molecule has 2 heterocycles. The van der Waals surface area contributed by atoms with Gasteiger partial charge in [0, 0.05) is 41.0 Å². The highest BCUT2D eigenvalue weighted by atomic mass is 35.5. The molecule has 2 aromatic heterocycles.